The van der Waals surface area contributed by atoms with Crippen molar-refractivity contribution in [3.63, 3.8) is 0 Å². The van der Waals surface area contributed by atoms with Gasteiger partial charge in [-0.15, -0.1) is 0 Å². The van der Waals surface area contributed by atoms with Crippen LogP contribution in [0, 0.1) is 0 Å². The van der Waals surface area contributed by atoms with Crippen molar-refractivity contribution in [3.8, 4) is 44.5 Å². The number of para-hydroxylation sites is 1. The Labute approximate surface area is 293 Å². The molecule has 0 spiro atoms. The Morgan fingerprint density at radius 1 is 0.440 bits per heavy atom. The normalized spacial score (nSPS) is 11.0. The summed E-state index contributed by atoms with van der Waals surface area (Å²) in [6.07, 6.45) is 1.75. The van der Waals surface area contributed by atoms with Gasteiger partial charge in [-0.25, -0.2) is 0 Å². The van der Waals surface area contributed by atoms with Gasteiger partial charge < -0.3 is 10.6 Å². The molecule has 2 nitrogen and oxygen atoms in total. The third-order valence-corrected chi connectivity index (χ3v) is 9.51. The van der Waals surface area contributed by atoms with Crippen molar-refractivity contribution in [1.29, 1.82) is 0 Å². The lowest BCUT2D eigenvalue weighted by Gasteiger charge is -2.27. The number of rotatable bonds is 8. The molecule has 0 atom stereocenters. The predicted octanol–water partition coefficient (Wildman–Crippen LogP) is 13.1. The van der Waals surface area contributed by atoms with Gasteiger partial charge in [0, 0.05) is 11.4 Å². The van der Waals surface area contributed by atoms with Crippen LogP contribution in [0.5, 0.6) is 0 Å². The summed E-state index contributed by atoms with van der Waals surface area (Å²) in [7, 11) is 0. The molecule has 0 aromatic heterocycles. The van der Waals surface area contributed by atoms with Crippen LogP contribution in [0.3, 0.4) is 0 Å². The molecular formula is C48H36N2. The molecule has 8 aromatic carbocycles. The fourth-order valence-corrected chi connectivity index (χ4v) is 7.11. The van der Waals surface area contributed by atoms with E-state index in [1.54, 1.807) is 6.08 Å². The number of hydrogen-bond acceptors (Lipinski definition) is 2. The average molecular weight is 641 g/mol. The van der Waals surface area contributed by atoms with E-state index in [2.05, 4.69) is 153 Å². The first-order chi connectivity index (χ1) is 24.6. The van der Waals surface area contributed by atoms with Gasteiger partial charge in [-0.2, -0.15) is 0 Å². The van der Waals surface area contributed by atoms with E-state index in [0.717, 1.165) is 33.8 Å². The van der Waals surface area contributed by atoms with Crippen molar-refractivity contribution in [2.75, 3.05) is 10.6 Å². The van der Waals surface area contributed by atoms with Gasteiger partial charge >= 0.3 is 0 Å². The van der Waals surface area contributed by atoms with Gasteiger partial charge in [-0.3, -0.25) is 0 Å². The molecule has 0 aliphatic heterocycles. The van der Waals surface area contributed by atoms with E-state index < -0.39 is 0 Å². The quantitative estimate of drug-likeness (QED) is 0.102. The fourth-order valence-electron chi connectivity index (χ4n) is 7.11. The molecule has 0 unspecified atom stereocenters. The number of benzene rings is 8. The summed E-state index contributed by atoms with van der Waals surface area (Å²) in [5.74, 6) is 0. The van der Waals surface area contributed by atoms with Crippen LogP contribution in [0.1, 0.15) is 0 Å². The van der Waals surface area contributed by atoms with Gasteiger partial charge in [0.05, 0.1) is 11.4 Å². The molecule has 0 amide bonds. The van der Waals surface area contributed by atoms with Crippen molar-refractivity contribution >= 4 is 38.6 Å². The molecule has 8 aromatic rings. The highest BCUT2D eigenvalue weighted by Crippen LogP contribution is 2.45. The molecule has 0 saturated heterocycles. The summed E-state index contributed by atoms with van der Waals surface area (Å²) in [4.78, 5) is 2.03. The number of nitrogen functional groups attached to an aromatic ring is 1. The number of fused-ring (bicyclic) bond motifs is 2. The van der Waals surface area contributed by atoms with Crippen molar-refractivity contribution in [3.05, 3.63) is 201 Å². The Morgan fingerprint density at radius 3 is 1.42 bits per heavy atom. The van der Waals surface area contributed by atoms with Gasteiger partial charge in [0.2, 0.25) is 0 Å². The minimum atomic E-state index is 0.669. The molecule has 8 rings (SSSR count). The van der Waals surface area contributed by atoms with Crippen LogP contribution >= 0.6 is 0 Å². The SMILES string of the molecule is C=CC(=C)N(c1ccccc1)c1ccc(-c2ccc(-c3ccc4c(-c5ccccc5)c5ccccc5c(-c5ccccc5)c4c3)cc2)cc1N. The highest BCUT2D eigenvalue weighted by atomic mass is 15.2. The topological polar surface area (TPSA) is 29.3 Å². The van der Waals surface area contributed by atoms with Crippen LogP contribution < -0.4 is 10.6 Å². The van der Waals surface area contributed by atoms with Gasteiger partial charge in [-0.1, -0.05) is 159 Å². The molecule has 0 radical (unpaired) electrons. The second-order valence-corrected chi connectivity index (χ2v) is 12.5. The van der Waals surface area contributed by atoms with E-state index in [9.17, 15) is 0 Å². The maximum Gasteiger partial charge on any atom is 0.0691 e. The lowest BCUT2D eigenvalue weighted by Crippen LogP contribution is -2.15. The highest BCUT2D eigenvalue weighted by molar-refractivity contribution is 6.22. The second kappa shape index (κ2) is 13.1. The van der Waals surface area contributed by atoms with Gasteiger partial charge in [-0.05, 0) is 102 Å². The van der Waals surface area contributed by atoms with Crippen molar-refractivity contribution in [2.45, 2.75) is 0 Å². The maximum atomic E-state index is 6.70. The summed E-state index contributed by atoms with van der Waals surface area (Å²) in [5, 5.41) is 4.99. The van der Waals surface area contributed by atoms with Crippen LogP contribution in [0.4, 0.5) is 17.1 Å². The first-order valence-corrected chi connectivity index (χ1v) is 16.9. The minimum absolute atomic E-state index is 0.669. The Hall–Kier alpha value is -6.64. The first-order valence-electron chi connectivity index (χ1n) is 16.9. The highest BCUT2D eigenvalue weighted by Gasteiger charge is 2.18. The summed E-state index contributed by atoms with van der Waals surface area (Å²) in [6.45, 7) is 8.16. The largest absolute Gasteiger partial charge is 0.397 e. The molecule has 2 heteroatoms. The van der Waals surface area contributed by atoms with Crippen molar-refractivity contribution < 1.29 is 0 Å². The standard InChI is InChI=1S/C48H36N2/c1-3-33(2)50(40-19-11-6-12-20-40)46-30-28-39(32-45(46)49)35-25-23-34(24-26-35)38-27-29-43-44(31-38)48(37-17-9-5-10-18-37)42-22-14-13-21-41(42)47(43)36-15-7-4-8-16-36/h3-32H,1-2,49H2. The summed E-state index contributed by atoms with van der Waals surface area (Å²) in [6, 6.07) is 62.3. The molecule has 0 aliphatic rings. The van der Waals surface area contributed by atoms with E-state index in [1.807, 2.05) is 41.3 Å². The van der Waals surface area contributed by atoms with Crippen LogP contribution in [-0.4, -0.2) is 0 Å². The predicted molar refractivity (Wildman–Crippen MR) is 216 cm³/mol. The van der Waals surface area contributed by atoms with Crippen molar-refractivity contribution in [1.82, 2.24) is 0 Å². The maximum absolute atomic E-state index is 6.70. The third-order valence-electron chi connectivity index (χ3n) is 9.51. The second-order valence-electron chi connectivity index (χ2n) is 12.5. The Bertz CT molecular complexity index is 2500. The van der Waals surface area contributed by atoms with Crippen LogP contribution in [-0.2, 0) is 0 Å². The van der Waals surface area contributed by atoms with Crippen LogP contribution in [0.15, 0.2) is 201 Å². The van der Waals surface area contributed by atoms with Crippen molar-refractivity contribution in [2.24, 2.45) is 0 Å². The fraction of sp³-hybridized carbons (Fsp3) is 0. The monoisotopic (exact) mass is 640 g/mol. The summed E-state index contributed by atoms with van der Waals surface area (Å²) in [5.41, 5.74) is 19.4. The summed E-state index contributed by atoms with van der Waals surface area (Å²) >= 11 is 0. The van der Waals surface area contributed by atoms with E-state index in [4.69, 9.17) is 5.73 Å². The molecule has 0 saturated carbocycles. The lowest BCUT2D eigenvalue weighted by molar-refractivity contribution is 1.22. The van der Waals surface area contributed by atoms with E-state index in [1.165, 1.54) is 49.4 Å². The number of nitrogens with two attached hydrogens (primary N) is 1. The average Bonchev–Trinajstić information content (AvgIpc) is 3.18. The zero-order chi connectivity index (χ0) is 34.0. The molecule has 0 fully saturated rings. The number of anilines is 3. The molecule has 2 N–H and O–H groups in total. The van der Waals surface area contributed by atoms with Crippen LogP contribution in [0.2, 0.25) is 0 Å². The van der Waals surface area contributed by atoms with Gasteiger partial charge in [0.15, 0.2) is 0 Å². The van der Waals surface area contributed by atoms with Crippen LogP contribution in [0.25, 0.3) is 66.1 Å². The molecule has 0 aliphatic carbocycles. The number of nitrogens with zero attached hydrogens (tertiary/aromatic N) is 1. The minimum Gasteiger partial charge on any atom is -0.397 e. The molecule has 238 valence electrons. The molecular weight excluding hydrogens is 605 g/mol. The molecule has 0 heterocycles. The number of hydrogen-bond donors (Lipinski definition) is 1. The summed E-state index contributed by atoms with van der Waals surface area (Å²) < 4.78 is 0. The van der Waals surface area contributed by atoms with E-state index >= 15 is 0 Å². The number of allylic oxidation sites excluding steroid dienone is 1. The molecule has 50 heavy (non-hydrogen) atoms. The van der Waals surface area contributed by atoms with Gasteiger partial charge in [0.1, 0.15) is 0 Å². The lowest BCUT2D eigenvalue weighted by atomic mass is 9.85. The zero-order valence-electron chi connectivity index (χ0n) is 27.8. The molecule has 0 bridgehead atoms. The van der Waals surface area contributed by atoms with Gasteiger partial charge in [0.25, 0.3) is 0 Å². The Morgan fingerprint density at radius 2 is 0.880 bits per heavy atom. The third kappa shape index (κ3) is 5.53. The smallest absolute Gasteiger partial charge is 0.0691 e. The zero-order valence-corrected chi connectivity index (χ0v) is 27.8. The van der Waals surface area contributed by atoms with E-state index in [-0.39, 0.29) is 0 Å². The Kier molecular flexibility index (Phi) is 8.04. The first kappa shape index (κ1) is 30.7. The Balaban J connectivity index is 1.22. The van der Waals surface area contributed by atoms with E-state index in [0.29, 0.717) is 5.69 Å².